The number of hydrogen-bond acceptors (Lipinski definition) is 4. The quantitative estimate of drug-likeness (QED) is 0.864. The van der Waals surface area contributed by atoms with Gasteiger partial charge in [0.25, 0.3) is 0 Å². The number of carbonyl (C=O) groups excluding carboxylic acids is 1. The van der Waals surface area contributed by atoms with E-state index >= 15 is 0 Å². The first-order chi connectivity index (χ1) is 9.57. The third-order valence-electron chi connectivity index (χ3n) is 3.79. The van der Waals surface area contributed by atoms with E-state index < -0.39 is 11.4 Å². The highest BCUT2D eigenvalue weighted by atomic mass is 35.5. The topological polar surface area (TPSA) is 72.8 Å². The average molecular weight is 297 g/mol. The van der Waals surface area contributed by atoms with Crippen LogP contribution in [-0.4, -0.2) is 30.6 Å². The fourth-order valence-corrected chi connectivity index (χ4v) is 3.14. The number of aliphatic carboxylic acids is 1. The number of halogens is 1. The van der Waals surface area contributed by atoms with Crippen LogP contribution in [0.25, 0.3) is 0 Å². The molecule has 106 valence electrons. The predicted octanol–water partition coefficient (Wildman–Crippen LogP) is 2.43. The van der Waals surface area contributed by atoms with Gasteiger partial charge in [-0.2, -0.15) is 0 Å². The smallest absolute Gasteiger partial charge is 0.304 e. The number of carbonyl (C=O) groups is 2. The van der Waals surface area contributed by atoms with E-state index in [1.165, 1.54) is 6.07 Å². The van der Waals surface area contributed by atoms with Gasteiger partial charge >= 0.3 is 5.97 Å². The van der Waals surface area contributed by atoms with Crippen LogP contribution in [0.15, 0.2) is 6.07 Å². The summed E-state index contributed by atoms with van der Waals surface area (Å²) in [6, 6.07) is 1.53. The maximum Gasteiger partial charge on any atom is 0.304 e. The van der Waals surface area contributed by atoms with E-state index in [1.807, 2.05) is 0 Å². The van der Waals surface area contributed by atoms with Gasteiger partial charge in [-0.1, -0.05) is 11.6 Å². The summed E-state index contributed by atoms with van der Waals surface area (Å²) in [6.45, 7) is 0.725. The molecule has 0 bridgehead atoms. The Bertz CT molecular complexity index is 592. The van der Waals surface area contributed by atoms with Crippen molar-refractivity contribution in [1.82, 2.24) is 0 Å². The molecular weight excluding hydrogens is 284 g/mol. The highest BCUT2D eigenvalue weighted by Gasteiger charge is 2.50. The molecule has 0 unspecified atom stereocenters. The molecule has 0 atom stereocenters. The monoisotopic (exact) mass is 296 g/mol. The van der Waals surface area contributed by atoms with E-state index in [1.54, 1.807) is 0 Å². The van der Waals surface area contributed by atoms with E-state index in [2.05, 4.69) is 0 Å². The lowest BCUT2D eigenvalue weighted by Crippen LogP contribution is -2.22. The molecule has 3 rings (SSSR count). The van der Waals surface area contributed by atoms with E-state index in [0.29, 0.717) is 47.1 Å². The van der Waals surface area contributed by atoms with E-state index in [4.69, 9.17) is 26.2 Å². The minimum Gasteiger partial charge on any atom is -0.486 e. The van der Waals surface area contributed by atoms with Crippen molar-refractivity contribution in [3.05, 3.63) is 22.2 Å². The van der Waals surface area contributed by atoms with Gasteiger partial charge in [0.15, 0.2) is 17.8 Å². The first kappa shape index (κ1) is 13.2. The zero-order valence-corrected chi connectivity index (χ0v) is 11.4. The Labute approximate surface area is 120 Å². The molecule has 0 amide bonds. The summed E-state index contributed by atoms with van der Waals surface area (Å²) in [4.78, 5) is 22.2. The summed E-state index contributed by atoms with van der Waals surface area (Å²) in [5, 5.41) is 9.45. The number of carboxylic acids is 1. The molecule has 20 heavy (non-hydrogen) atoms. The third kappa shape index (κ3) is 2.02. The van der Waals surface area contributed by atoms with Gasteiger partial charge in [-0.15, -0.1) is 0 Å². The molecule has 1 aliphatic heterocycles. The second-order valence-corrected chi connectivity index (χ2v) is 5.55. The van der Waals surface area contributed by atoms with Crippen LogP contribution < -0.4 is 9.47 Å². The fraction of sp³-hybridized carbons (Fsp3) is 0.429. The van der Waals surface area contributed by atoms with E-state index in [-0.39, 0.29) is 6.42 Å². The second kappa shape index (κ2) is 4.66. The molecule has 1 N–H and O–H groups in total. The van der Waals surface area contributed by atoms with Crippen molar-refractivity contribution in [3.63, 3.8) is 0 Å². The van der Waals surface area contributed by atoms with E-state index in [9.17, 15) is 9.59 Å². The maximum atomic E-state index is 11.1. The summed E-state index contributed by atoms with van der Waals surface area (Å²) in [5.74, 6) is -0.0598. The first-order valence-electron chi connectivity index (χ1n) is 6.37. The molecule has 1 heterocycles. The van der Waals surface area contributed by atoms with Gasteiger partial charge in [0.05, 0.1) is 12.0 Å². The van der Waals surface area contributed by atoms with Crippen LogP contribution in [-0.2, 0) is 10.2 Å². The Balaban J connectivity index is 2.16. The van der Waals surface area contributed by atoms with Crippen LogP contribution in [0.3, 0.4) is 0 Å². The van der Waals surface area contributed by atoms with Gasteiger partial charge in [-0.3, -0.25) is 9.59 Å². The molecule has 1 aromatic rings. The van der Waals surface area contributed by atoms with Gasteiger partial charge in [0.1, 0.15) is 13.2 Å². The minimum atomic E-state index is -0.872. The summed E-state index contributed by atoms with van der Waals surface area (Å²) in [5.41, 5.74) is 0.510. The lowest BCUT2D eigenvalue weighted by molar-refractivity contribution is -0.137. The van der Waals surface area contributed by atoms with Crippen molar-refractivity contribution in [2.24, 2.45) is 0 Å². The van der Waals surface area contributed by atoms with Gasteiger partial charge in [-0.05, 0) is 18.9 Å². The van der Waals surface area contributed by atoms with Crippen LogP contribution in [0.5, 0.6) is 11.5 Å². The van der Waals surface area contributed by atoms with Crippen LogP contribution >= 0.6 is 11.6 Å². The Morgan fingerprint density at radius 3 is 2.55 bits per heavy atom. The Kier molecular flexibility index (Phi) is 3.09. The molecular formula is C14H13ClO5. The average Bonchev–Trinajstić information content (AvgIpc) is 3.17. The molecule has 1 saturated carbocycles. The Morgan fingerprint density at radius 2 is 2.00 bits per heavy atom. The van der Waals surface area contributed by atoms with E-state index in [0.717, 1.165) is 12.8 Å². The Morgan fingerprint density at radius 1 is 1.35 bits per heavy atom. The number of aldehydes is 1. The second-order valence-electron chi connectivity index (χ2n) is 5.15. The van der Waals surface area contributed by atoms with Gasteiger partial charge in [0, 0.05) is 16.0 Å². The normalized spacial score (nSPS) is 18.4. The van der Waals surface area contributed by atoms with Crippen molar-refractivity contribution in [2.75, 3.05) is 13.2 Å². The molecule has 0 spiro atoms. The van der Waals surface area contributed by atoms with Crippen molar-refractivity contribution in [1.29, 1.82) is 0 Å². The number of carboxylic acid groups (broad SMARTS) is 1. The number of fused-ring (bicyclic) bond motifs is 1. The highest BCUT2D eigenvalue weighted by molar-refractivity contribution is 6.32. The molecule has 6 heteroatoms. The SMILES string of the molecule is O=Cc1cc(Cl)c(C2(CC(=O)O)CC2)c2c1OCCO2. The van der Waals surface area contributed by atoms with Gasteiger partial charge in [0.2, 0.25) is 0 Å². The summed E-state index contributed by atoms with van der Waals surface area (Å²) in [7, 11) is 0. The predicted molar refractivity (Wildman–Crippen MR) is 71.0 cm³/mol. The van der Waals surface area contributed by atoms with Crippen LogP contribution in [0.2, 0.25) is 5.02 Å². The van der Waals surface area contributed by atoms with Crippen molar-refractivity contribution < 1.29 is 24.2 Å². The zero-order valence-electron chi connectivity index (χ0n) is 10.6. The van der Waals surface area contributed by atoms with Crippen LogP contribution in [0, 0.1) is 0 Å². The standard InChI is InChI=1S/C14H13ClO5/c15-9-5-8(7-16)12-13(20-4-3-19-12)11(9)14(1-2-14)6-10(17)18/h5,7H,1-4,6H2,(H,17,18). The minimum absolute atomic E-state index is 0.00293. The maximum absolute atomic E-state index is 11.1. The lowest BCUT2D eigenvalue weighted by atomic mass is 9.90. The summed E-state index contributed by atoms with van der Waals surface area (Å²) in [6.07, 6.45) is 2.16. The van der Waals surface area contributed by atoms with Crippen LogP contribution in [0.4, 0.5) is 0 Å². The lowest BCUT2D eigenvalue weighted by Gasteiger charge is -2.26. The largest absolute Gasteiger partial charge is 0.486 e. The number of benzene rings is 1. The molecule has 1 aromatic carbocycles. The van der Waals surface area contributed by atoms with Crippen LogP contribution in [0.1, 0.15) is 35.2 Å². The highest BCUT2D eigenvalue weighted by Crippen LogP contribution is 2.58. The zero-order chi connectivity index (χ0) is 14.3. The third-order valence-corrected chi connectivity index (χ3v) is 4.09. The van der Waals surface area contributed by atoms with Gasteiger partial charge in [-0.25, -0.2) is 0 Å². The molecule has 2 aliphatic rings. The van der Waals surface area contributed by atoms with Crippen molar-refractivity contribution >= 4 is 23.9 Å². The number of hydrogen-bond donors (Lipinski definition) is 1. The van der Waals surface area contributed by atoms with Crippen molar-refractivity contribution in [2.45, 2.75) is 24.7 Å². The van der Waals surface area contributed by atoms with Gasteiger partial charge < -0.3 is 14.6 Å². The molecule has 0 radical (unpaired) electrons. The molecule has 0 saturated heterocycles. The molecule has 0 aromatic heterocycles. The molecule has 1 fully saturated rings. The van der Waals surface area contributed by atoms with Crippen molar-refractivity contribution in [3.8, 4) is 11.5 Å². The molecule has 5 nitrogen and oxygen atoms in total. The number of rotatable bonds is 4. The molecule has 1 aliphatic carbocycles. The summed E-state index contributed by atoms with van der Waals surface area (Å²) >= 11 is 6.27. The number of ether oxygens (including phenoxy) is 2. The first-order valence-corrected chi connectivity index (χ1v) is 6.75. The summed E-state index contributed by atoms with van der Waals surface area (Å²) < 4.78 is 11.1. The fourth-order valence-electron chi connectivity index (χ4n) is 2.74. The Hall–Kier alpha value is -1.75.